The number of benzene rings is 2. The number of carbonyl (C=O) groups excluding carboxylic acids is 2. The molecule has 0 heterocycles. The van der Waals surface area contributed by atoms with Crippen molar-refractivity contribution < 1.29 is 23.8 Å². The lowest BCUT2D eigenvalue weighted by Crippen LogP contribution is -2.38. The molecule has 0 radical (unpaired) electrons. The zero-order valence-electron chi connectivity index (χ0n) is 16.0. The first-order chi connectivity index (χ1) is 12.9. The second-order valence-corrected chi connectivity index (χ2v) is 6.22. The van der Waals surface area contributed by atoms with E-state index >= 15 is 0 Å². The second-order valence-electron chi connectivity index (χ2n) is 6.22. The van der Waals surface area contributed by atoms with E-state index in [4.69, 9.17) is 14.2 Å². The Balaban J connectivity index is 1.80. The SMILES string of the molecule is COc1ccc(CNC(=O)[C@@H](C)OC(=O)[C@@H](C)Oc2cccc(C)c2)cc1. The molecule has 2 aromatic carbocycles. The number of hydrogen-bond donors (Lipinski definition) is 1. The van der Waals surface area contributed by atoms with Gasteiger partial charge in [0.25, 0.3) is 5.91 Å². The Morgan fingerprint density at radius 1 is 1.00 bits per heavy atom. The summed E-state index contributed by atoms with van der Waals surface area (Å²) < 4.78 is 15.9. The summed E-state index contributed by atoms with van der Waals surface area (Å²) >= 11 is 0. The van der Waals surface area contributed by atoms with Gasteiger partial charge in [-0.1, -0.05) is 24.3 Å². The van der Waals surface area contributed by atoms with Crippen molar-refractivity contribution in [3.05, 3.63) is 59.7 Å². The summed E-state index contributed by atoms with van der Waals surface area (Å²) in [5.41, 5.74) is 1.94. The minimum Gasteiger partial charge on any atom is -0.497 e. The van der Waals surface area contributed by atoms with Gasteiger partial charge in [-0.3, -0.25) is 4.79 Å². The van der Waals surface area contributed by atoms with E-state index in [0.717, 1.165) is 16.9 Å². The lowest BCUT2D eigenvalue weighted by molar-refractivity contribution is -0.160. The van der Waals surface area contributed by atoms with Crippen molar-refractivity contribution >= 4 is 11.9 Å². The van der Waals surface area contributed by atoms with E-state index in [-0.39, 0.29) is 5.91 Å². The molecule has 2 rings (SSSR count). The number of carbonyl (C=O) groups is 2. The van der Waals surface area contributed by atoms with Crippen LogP contribution in [0.4, 0.5) is 0 Å². The van der Waals surface area contributed by atoms with Crippen LogP contribution in [-0.4, -0.2) is 31.2 Å². The molecular formula is C21H25NO5. The minimum absolute atomic E-state index is 0.333. The third kappa shape index (κ3) is 6.33. The van der Waals surface area contributed by atoms with Gasteiger partial charge in [-0.05, 0) is 56.2 Å². The maximum Gasteiger partial charge on any atom is 0.347 e. The molecule has 0 saturated heterocycles. The molecule has 0 aliphatic heterocycles. The van der Waals surface area contributed by atoms with Gasteiger partial charge in [0.2, 0.25) is 0 Å². The summed E-state index contributed by atoms with van der Waals surface area (Å²) in [4.78, 5) is 24.3. The molecule has 0 aliphatic carbocycles. The van der Waals surface area contributed by atoms with Crippen molar-refractivity contribution in [2.45, 2.75) is 39.5 Å². The lowest BCUT2D eigenvalue weighted by atomic mass is 10.2. The van der Waals surface area contributed by atoms with E-state index in [1.54, 1.807) is 20.1 Å². The van der Waals surface area contributed by atoms with Gasteiger partial charge in [0.1, 0.15) is 11.5 Å². The highest BCUT2D eigenvalue weighted by molar-refractivity contribution is 5.84. The Morgan fingerprint density at radius 3 is 2.33 bits per heavy atom. The van der Waals surface area contributed by atoms with E-state index in [1.807, 2.05) is 49.4 Å². The predicted molar refractivity (Wildman–Crippen MR) is 102 cm³/mol. The maximum absolute atomic E-state index is 12.2. The molecule has 0 aliphatic rings. The standard InChI is InChI=1S/C21H25NO5/c1-14-6-5-7-19(12-14)26-16(3)21(24)27-15(2)20(23)22-13-17-8-10-18(25-4)11-9-17/h5-12,15-16H,13H2,1-4H3,(H,22,23)/t15-,16-/m1/s1. The molecule has 1 amide bonds. The van der Waals surface area contributed by atoms with Gasteiger partial charge < -0.3 is 19.5 Å². The van der Waals surface area contributed by atoms with E-state index in [9.17, 15) is 9.59 Å². The average molecular weight is 371 g/mol. The quantitative estimate of drug-likeness (QED) is 0.722. The van der Waals surface area contributed by atoms with Crippen LogP contribution in [0.3, 0.4) is 0 Å². The molecule has 0 fully saturated rings. The molecule has 0 unspecified atom stereocenters. The minimum atomic E-state index is -0.917. The van der Waals surface area contributed by atoms with Crippen molar-refractivity contribution in [2.24, 2.45) is 0 Å². The molecule has 0 spiro atoms. The Morgan fingerprint density at radius 2 is 1.70 bits per heavy atom. The van der Waals surface area contributed by atoms with Crippen molar-refractivity contribution in [2.75, 3.05) is 7.11 Å². The van der Waals surface area contributed by atoms with Gasteiger partial charge in [-0.15, -0.1) is 0 Å². The van der Waals surface area contributed by atoms with Gasteiger partial charge >= 0.3 is 5.97 Å². The van der Waals surface area contributed by atoms with Gasteiger partial charge in [0.15, 0.2) is 12.2 Å². The second kappa shape index (κ2) is 9.62. The third-order valence-electron chi connectivity index (χ3n) is 3.92. The summed E-state index contributed by atoms with van der Waals surface area (Å²) in [5, 5.41) is 2.74. The third-order valence-corrected chi connectivity index (χ3v) is 3.92. The van der Waals surface area contributed by atoms with Gasteiger partial charge in [-0.2, -0.15) is 0 Å². The molecule has 6 heteroatoms. The number of hydrogen-bond acceptors (Lipinski definition) is 5. The van der Waals surface area contributed by atoms with Crippen LogP contribution >= 0.6 is 0 Å². The van der Waals surface area contributed by atoms with Crippen LogP contribution in [0.25, 0.3) is 0 Å². The molecule has 144 valence electrons. The highest BCUT2D eigenvalue weighted by Gasteiger charge is 2.23. The van der Waals surface area contributed by atoms with E-state index < -0.39 is 18.2 Å². The Labute approximate surface area is 159 Å². The summed E-state index contributed by atoms with van der Waals surface area (Å²) in [5.74, 6) is 0.358. The topological polar surface area (TPSA) is 73.9 Å². The van der Waals surface area contributed by atoms with Crippen LogP contribution in [0.2, 0.25) is 0 Å². The fraction of sp³-hybridized carbons (Fsp3) is 0.333. The van der Waals surface area contributed by atoms with E-state index in [0.29, 0.717) is 12.3 Å². The van der Waals surface area contributed by atoms with Crippen molar-refractivity contribution in [1.82, 2.24) is 5.32 Å². The normalized spacial score (nSPS) is 12.6. The van der Waals surface area contributed by atoms with Crippen molar-refractivity contribution in [1.29, 1.82) is 0 Å². The fourth-order valence-electron chi connectivity index (χ4n) is 2.34. The Kier molecular flexibility index (Phi) is 7.23. The molecular weight excluding hydrogens is 346 g/mol. The zero-order valence-corrected chi connectivity index (χ0v) is 16.0. The monoisotopic (exact) mass is 371 g/mol. The summed E-state index contributed by atoms with van der Waals surface area (Å²) in [6.45, 7) is 5.39. The highest BCUT2D eigenvalue weighted by atomic mass is 16.6. The molecule has 1 N–H and O–H groups in total. The largest absolute Gasteiger partial charge is 0.497 e. The maximum atomic E-state index is 12.2. The number of methoxy groups -OCH3 is 1. The molecule has 6 nitrogen and oxygen atoms in total. The molecule has 0 aromatic heterocycles. The van der Waals surface area contributed by atoms with Crippen LogP contribution < -0.4 is 14.8 Å². The number of ether oxygens (including phenoxy) is 3. The first-order valence-electron chi connectivity index (χ1n) is 8.73. The van der Waals surface area contributed by atoms with Crippen molar-refractivity contribution in [3.8, 4) is 11.5 Å². The van der Waals surface area contributed by atoms with Crippen LogP contribution in [0, 0.1) is 6.92 Å². The first-order valence-corrected chi connectivity index (χ1v) is 8.73. The molecule has 2 atom stereocenters. The lowest BCUT2D eigenvalue weighted by Gasteiger charge is -2.18. The Hall–Kier alpha value is -3.02. The number of amides is 1. The van der Waals surface area contributed by atoms with Gasteiger partial charge in [-0.25, -0.2) is 4.79 Å². The number of nitrogens with one attached hydrogen (secondary N) is 1. The highest BCUT2D eigenvalue weighted by Crippen LogP contribution is 2.15. The average Bonchev–Trinajstić information content (AvgIpc) is 2.66. The number of rotatable bonds is 8. The zero-order chi connectivity index (χ0) is 19.8. The van der Waals surface area contributed by atoms with E-state index in [1.165, 1.54) is 6.92 Å². The number of esters is 1. The molecule has 0 saturated carbocycles. The van der Waals surface area contributed by atoms with Crippen molar-refractivity contribution in [3.63, 3.8) is 0 Å². The molecule has 27 heavy (non-hydrogen) atoms. The smallest absolute Gasteiger partial charge is 0.347 e. The molecule has 0 bridgehead atoms. The first kappa shape index (κ1) is 20.3. The van der Waals surface area contributed by atoms with E-state index in [2.05, 4.69) is 5.32 Å². The summed E-state index contributed by atoms with van der Waals surface area (Å²) in [6, 6.07) is 14.7. The van der Waals surface area contributed by atoms with Crippen LogP contribution in [-0.2, 0) is 20.9 Å². The van der Waals surface area contributed by atoms with Crippen LogP contribution in [0.5, 0.6) is 11.5 Å². The Bertz CT molecular complexity index is 772. The van der Waals surface area contributed by atoms with Crippen LogP contribution in [0.1, 0.15) is 25.0 Å². The predicted octanol–water partition coefficient (Wildman–Crippen LogP) is 3.02. The van der Waals surface area contributed by atoms with Crippen LogP contribution in [0.15, 0.2) is 48.5 Å². The summed E-state index contributed by atoms with van der Waals surface area (Å²) in [7, 11) is 1.59. The molecule has 2 aromatic rings. The van der Waals surface area contributed by atoms with Gasteiger partial charge in [0.05, 0.1) is 7.11 Å². The fourth-order valence-corrected chi connectivity index (χ4v) is 2.34. The summed E-state index contributed by atoms with van der Waals surface area (Å²) in [6.07, 6.45) is -1.73. The van der Waals surface area contributed by atoms with Gasteiger partial charge in [0, 0.05) is 6.54 Å². The number of aryl methyl sites for hydroxylation is 1.